The summed E-state index contributed by atoms with van der Waals surface area (Å²) in [6, 6.07) is 20.9. The molecular formula is C25H23Cl2N5OS. The first-order valence-corrected chi connectivity index (χ1v) is 12.3. The number of thioether (sulfide) groups is 1. The molecule has 1 heterocycles. The highest BCUT2D eigenvalue weighted by Gasteiger charge is 2.18. The molecule has 0 unspecified atom stereocenters. The molecule has 0 fully saturated rings. The normalized spacial score (nSPS) is 10.8. The summed E-state index contributed by atoms with van der Waals surface area (Å²) >= 11 is 14.2. The van der Waals surface area contributed by atoms with Gasteiger partial charge in [-0.2, -0.15) is 0 Å². The summed E-state index contributed by atoms with van der Waals surface area (Å²) in [5, 5.41) is 16.2. The van der Waals surface area contributed by atoms with Crippen LogP contribution in [0.1, 0.15) is 22.5 Å². The number of hydrogen-bond donors (Lipinski definition) is 2. The minimum atomic E-state index is -0.326. The zero-order chi connectivity index (χ0) is 24.1. The molecule has 2 amide bonds. The van der Waals surface area contributed by atoms with Gasteiger partial charge in [0, 0.05) is 16.5 Å². The third-order valence-corrected chi connectivity index (χ3v) is 6.73. The Labute approximate surface area is 212 Å². The first kappa shape index (κ1) is 24.1. The molecule has 0 aliphatic heterocycles. The number of anilines is 1. The highest BCUT2D eigenvalue weighted by atomic mass is 35.5. The van der Waals surface area contributed by atoms with E-state index in [0.717, 1.165) is 22.4 Å². The lowest BCUT2D eigenvalue weighted by atomic mass is 10.1. The molecule has 6 nitrogen and oxygen atoms in total. The summed E-state index contributed by atoms with van der Waals surface area (Å²) in [4.78, 5) is 12.6. The monoisotopic (exact) mass is 511 g/mol. The van der Waals surface area contributed by atoms with Crippen LogP contribution in [0, 0.1) is 13.8 Å². The van der Waals surface area contributed by atoms with Crippen LogP contribution in [0.25, 0.3) is 5.69 Å². The van der Waals surface area contributed by atoms with E-state index in [0.29, 0.717) is 32.5 Å². The Morgan fingerprint density at radius 1 is 0.971 bits per heavy atom. The number of urea groups is 1. The van der Waals surface area contributed by atoms with Crippen molar-refractivity contribution >= 4 is 46.7 Å². The number of nitrogens with zero attached hydrogens (tertiary/aromatic N) is 3. The lowest BCUT2D eigenvalue weighted by molar-refractivity contribution is 0.251. The summed E-state index contributed by atoms with van der Waals surface area (Å²) in [6.45, 7) is 4.07. The SMILES string of the molecule is Cc1cccc(C)c1NC(=O)NCc1nnc(SCc2ccccc2)n1-c1ccc(Cl)cc1Cl. The van der Waals surface area contributed by atoms with Gasteiger partial charge in [-0.25, -0.2) is 4.79 Å². The molecule has 4 aromatic rings. The number of benzene rings is 3. The second kappa shape index (κ2) is 11.0. The maximum Gasteiger partial charge on any atom is 0.319 e. The van der Waals surface area contributed by atoms with E-state index in [9.17, 15) is 4.79 Å². The fourth-order valence-corrected chi connectivity index (χ4v) is 4.88. The number of carbonyl (C=O) groups is 1. The first-order valence-electron chi connectivity index (χ1n) is 10.6. The predicted octanol–water partition coefficient (Wildman–Crippen LogP) is 6.80. The molecule has 0 atom stereocenters. The van der Waals surface area contributed by atoms with Gasteiger partial charge in [0.15, 0.2) is 11.0 Å². The molecule has 3 aromatic carbocycles. The maximum absolute atomic E-state index is 12.6. The molecular weight excluding hydrogens is 489 g/mol. The van der Waals surface area contributed by atoms with Crippen LogP contribution < -0.4 is 10.6 Å². The van der Waals surface area contributed by atoms with Gasteiger partial charge in [0.25, 0.3) is 0 Å². The molecule has 0 saturated carbocycles. The number of aromatic nitrogens is 3. The first-order chi connectivity index (χ1) is 16.4. The number of hydrogen-bond acceptors (Lipinski definition) is 4. The zero-order valence-electron chi connectivity index (χ0n) is 18.7. The Bertz CT molecular complexity index is 1290. The van der Waals surface area contributed by atoms with Gasteiger partial charge in [-0.3, -0.25) is 4.57 Å². The predicted molar refractivity (Wildman–Crippen MR) is 139 cm³/mol. The number of amides is 2. The number of halogens is 2. The van der Waals surface area contributed by atoms with Gasteiger partial charge in [-0.1, -0.05) is 83.5 Å². The van der Waals surface area contributed by atoms with Gasteiger partial charge in [-0.15, -0.1) is 10.2 Å². The zero-order valence-corrected chi connectivity index (χ0v) is 21.0. The number of para-hydroxylation sites is 1. The van der Waals surface area contributed by atoms with Crippen LogP contribution in [0.2, 0.25) is 10.0 Å². The van der Waals surface area contributed by atoms with Gasteiger partial charge >= 0.3 is 6.03 Å². The molecule has 0 bridgehead atoms. The number of rotatable bonds is 7. The Balaban J connectivity index is 1.56. The smallest absolute Gasteiger partial charge is 0.319 e. The van der Waals surface area contributed by atoms with Gasteiger partial charge in [0.05, 0.1) is 17.3 Å². The summed E-state index contributed by atoms with van der Waals surface area (Å²) in [5.41, 5.74) is 4.63. The fraction of sp³-hybridized carbons (Fsp3) is 0.160. The van der Waals surface area contributed by atoms with Gasteiger partial charge in [0.2, 0.25) is 0 Å². The van der Waals surface area contributed by atoms with Crippen LogP contribution in [0.3, 0.4) is 0 Å². The Hall–Kier alpha value is -3.00. The second-order valence-corrected chi connectivity index (χ2v) is 9.46. The Morgan fingerprint density at radius 3 is 2.41 bits per heavy atom. The van der Waals surface area contributed by atoms with Crippen molar-refractivity contribution in [3.8, 4) is 5.69 Å². The van der Waals surface area contributed by atoms with E-state index in [1.807, 2.05) is 60.9 Å². The lowest BCUT2D eigenvalue weighted by Crippen LogP contribution is -2.30. The average molecular weight is 512 g/mol. The fourth-order valence-electron chi connectivity index (χ4n) is 3.46. The van der Waals surface area contributed by atoms with E-state index in [1.165, 1.54) is 11.8 Å². The van der Waals surface area contributed by atoms with Crippen molar-refractivity contribution in [1.29, 1.82) is 0 Å². The topological polar surface area (TPSA) is 71.8 Å². The van der Waals surface area contributed by atoms with Gasteiger partial charge in [0.1, 0.15) is 0 Å². The van der Waals surface area contributed by atoms with Crippen LogP contribution in [-0.4, -0.2) is 20.8 Å². The van der Waals surface area contributed by atoms with Crippen LogP contribution in [-0.2, 0) is 12.3 Å². The standard InChI is InChI=1S/C25H23Cl2N5OS/c1-16-7-6-8-17(2)23(16)29-24(33)28-14-22-30-31-25(34-15-18-9-4-3-5-10-18)32(22)21-12-11-19(26)13-20(21)27/h3-13H,14-15H2,1-2H3,(H2,28,29,33). The van der Waals surface area contributed by atoms with Crippen molar-refractivity contribution in [2.75, 3.05) is 5.32 Å². The number of aryl methyl sites for hydroxylation is 2. The van der Waals surface area contributed by atoms with Crippen LogP contribution >= 0.6 is 35.0 Å². The van der Waals surface area contributed by atoms with E-state index in [2.05, 4.69) is 33.0 Å². The van der Waals surface area contributed by atoms with Crippen molar-refractivity contribution < 1.29 is 4.79 Å². The molecule has 0 spiro atoms. The summed E-state index contributed by atoms with van der Waals surface area (Å²) in [6.07, 6.45) is 0. The van der Waals surface area contributed by atoms with E-state index in [1.54, 1.807) is 12.1 Å². The number of nitrogens with one attached hydrogen (secondary N) is 2. The summed E-state index contributed by atoms with van der Waals surface area (Å²) in [7, 11) is 0. The third kappa shape index (κ3) is 5.73. The quantitative estimate of drug-likeness (QED) is 0.267. The molecule has 0 saturated heterocycles. The van der Waals surface area contributed by atoms with Crippen molar-refractivity contribution in [3.05, 3.63) is 99.3 Å². The van der Waals surface area contributed by atoms with Gasteiger partial charge < -0.3 is 10.6 Å². The van der Waals surface area contributed by atoms with Crippen LogP contribution in [0.15, 0.2) is 71.9 Å². The molecule has 9 heteroatoms. The molecule has 0 aliphatic carbocycles. The van der Waals surface area contributed by atoms with E-state index in [-0.39, 0.29) is 12.6 Å². The molecule has 2 N–H and O–H groups in total. The maximum atomic E-state index is 12.6. The van der Waals surface area contributed by atoms with Gasteiger partial charge in [-0.05, 0) is 48.7 Å². The van der Waals surface area contributed by atoms with Crippen molar-refractivity contribution in [3.63, 3.8) is 0 Å². The summed E-state index contributed by atoms with van der Waals surface area (Å²) in [5.74, 6) is 1.27. The van der Waals surface area contributed by atoms with E-state index < -0.39 is 0 Å². The average Bonchev–Trinajstić information content (AvgIpc) is 3.22. The van der Waals surface area contributed by atoms with Crippen molar-refractivity contribution in [2.24, 2.45) is 0 Å². The van der Waals surface area contributed by atoms with Crippen LogP contribution in [0.5, 0.6) is 0 Å². The molecule has 0 aliphatic rings. The molecule has 174 valence electrons. The number of carbonyl (C=O) groups excluding carboxylic acids is 1. The minimum Gasteiger partial charge on any atom is -0.331 e. The van der Waals surface area contributed by atoms with E-state index in [4.69, 9.17) is 23.2 Å². The molecule has 4 rings (SSSR count). The second-order valence-electron chi connectivity index (χ2n) is 7.68. The Morgan fingerprint density at radius 2 is 1.71 bits per heavy atom. The van der Waals surface area contributed by atoms with Crippen LogP contribution in [0.4, 0.5) is 10.5 Å². The molecule has 0 radical (unpaired) electrons. The third-order valence-electron chi connectivity index (χ3n) is 5.19. The van der Waals surface area contributed by atoms with Crippen molar-refractivity contribution in [2.45, 2.75) is 31.3 Å². The highest BCUT2D eigenvalue weighted by molar-refractivity contribution is 7.98. The summed E-state index contributed by atoms with van der Waals surface area (Å²) < 4.78 is 1.85. The van der Waals surface area contributed by atoms with E-state index >= 15 is 0 Å². The molecule has 1 aromatic heterocycles. The van der Waals surface area contributed by atoms with Crippen molar-refractivity contribution in [1.82, 2.24) is 20.1 Å². The minimum absolute atomic E-state index is 0.161. The Kier molecular flexibility index (Phi) is 7.77. The largest absolute Gasteiger partial charge is 0.331 e. The highest BCUT2D eigenvalue weighted by Crippen LogP contribution is 2.30. The lowest BCUT2D eigenvalue weighted by Gasteiger charge is -2.14. The molecule has 34 heavy (non-hydrogen) atoms.